The Morgan fingerprint density at radius 3 is 2.11 bits per heavy atom. The van der Waals surface area contributed by atoms with Crippen molar-refractivity contribution in [1.29, 1.82) is 0 Å². The van der Waals surface area contributed by atoms with Crippen LogP contribution in [0.2, 0.25) is 0 Å². The predicted molar refractivity (Wildman–Crippen MR) is 108 cm³/mol. The molecule has 1 fully saturated rings. The van der Waals surface area contributed by atoms with E-state index in [0.29, 0.717) is 33.6 Å². The van der Waals surface area contributed by atoms with E-state index in [4.69, 9.17) is 26.4 Å². The minimum Gasteiger partial charge on any atom is -0.496 e. The summed E-state index contributed by atoms with van der Waals surface area (Å²) < 4.78 is 16.1. The molecule has 0 unspecified atom stereocenters. The summed E-state index contributed by atoms with van der Waals surface area (Å²) in [4.78, 5) is 16.2. The molecule has 2 aromatic rings. The summed E-state index contributed by atoms with van der Waals surface area (Å²) in [6.45, 7) is 0. The molecule has 1 amide bonds. The van der Waals surface area contributed by atoms with Crippen molar-refractivity contribution in [2.75, 3.05) is 33.3 Å². The monoisotopic (exact) mass is 384 g/mol. The number of likely N-dealkylation sites (N-methyl/N-ethyl adjacent to an activating group) is 1. The first-order valence-corrected chi connectivity index (χ1v) is 8.61. The number of amides is 1. The standard InChI is InChI=1S/C20H20N2O4S/c1-21-15(19(23)22(20(21)27)14-8-6-5-7-9-14)10-13-11-17(25-3)18(26-4)12-16(13)24-2/h5-12H,1-4H3/b15-10-. The van der Waals surface area contributed by atoms with Gasteiger partial charge in [-0.2, -0.15) is 0 Å². The summed E-state index contributed by atoms with van der Waals surface area (Å²) in [5, 5.41) is 0.414. The maximum atomic E-state index is 13.0. The SMILES string of the molecule is COc1cc(OC)c(OC)cc1/C=C1/C(=O)N(c2ccccc2)C(=S)N1C. The first-order valence-electron chi connectivity index (χ1n) is 8.20. The Labute approximate surface area is 163 Å². The Bertz CT molecular complexity index is 912. The minimum atomic E-state index is -0.203. The second-order valence-electron chi connectivity index (χ2n) is 5.80. The van der Waals surface area contributed by atoms with Crippen molar-refractivity contribution in [3.8, 4) is 17.2 Å². The quantitative estimate of drug-likeness (QED) is 0.582. The van der Waals surface area contributed by atoms with Crippen LogP contribution in [0.25, 0.3) is 6.08 Å². The van der Waals surface area contributed by atoms with E-state index >= 15 is 0 Å². The van der Waals surface area contributed by atoms with Gasteiger partial charge in [-0.05, 0) is 36.5 Å². The van der Waals surface area contributed by atoms with Gasteiger partial charge in [-0.25, -0.2) is 0 Å². The van der Waals surface area contributed by atoms with Gasteiger partial charge in [-0.1, -0.05) is 18.2 Å². The summed E-state index contributed by atoms with van der Waals surface area (Å²) in [7, 11) is 6.44. The fraction of sp³-hybridized carbons (Fsp3) is 0.200. The van der Waals surface area contributed by atoms with Gasteiger partial charge in [0.25, 0.3) is 5.91 Å². The molecule has 2 aromatic carbocycles. The largest absolute Gasteiger partial charge is 0.496 e. The van der Waals surface area contributed by atoms with Crippen LogP contribution in [0.1, 0.15) is 5.56 Å². The van der Waals surface area contributed by atoms with Gasteiger partial charge in [0, 0.05) is 18.7 Å². The topological polar surface area (TPSA) is 51.2 Å². The lowest BCUT2D eigenvalue weighted by Crippen LogP contribution is -2.30. The van der Waals surface area contributed by atoms with E-state index in [1.54, 1.807) is 51.5 Å². The van der Waals surface area contributed by atoms with Gasteiger partial charge in [-0.3, -0.25) is 9.69 Å². The van der Waals surface area contributed by atoms with Crippen molar-refractivity contribution in [1.82, 2.24) is 4.90 Å². The predicted octanol–water partition coefficient (Wildman–Crippen LogP) is 3.32. The number of nitrogens with zero attached hydrogens (tertiary/aromatic N) is 2. The summed E-state index contributed by atoms with van der Waals surface area (Å²) >= 11 is 5.48. The summed E-state index contributed by atoms with van der Waals surface area (Å²) in [5.41, 5.74) is 1.85. The molecule has 0 radical (unpaired) electrons. The van der Waals surface area contributed by atoms with Gasteiger partial charge in [0.15, 0.2) is 16.6 Å². The summed E-state index contributed by atoms with van der Waals surface area (Å²) in [6.07, 6.45) is 1.73. The molecule has 1 saturated heterocycles. The van der Waals surface area contributed by atoms with Crippen LogP contribution < -0.4 is 19.1 Å². The Balaban J connectivity index is 2.07. The van der Waals surface area contributed by atoms with Crippen LogP contribution in [-0.4, -0.2) is 44.3 Å². The average molecular weight is 384 g/mol. The molecular formula is C20H20N2O4S. The summed E-state index contributed by atoms with van der Waals surface area (Å²) in [6, 6.07) is 12.8. The minimum absolute atomic E-state index is 0.203. The number of carbonyl (C=O) groups is 1. The molecule has 140 valence electrons. The highest BCUT2D eigenvalue weighted by Gasteiger charge is 2.36. The van der Waals surface area contributed by atoms with E-state index in [1.165, 1.54) is 4.90 Å². The van der Waals surface area contributed by atoms with E-state index < -0.39 is 0 Å². The molecule has 3 rings (SSSR count). The molecule has 0 saturated carbocycles. The molecule has 1 heterocycles. The fourth-order valence-corrected chi connectivity index (χ4v) is 3.16. The fourth-order valence-electron chi connectivity index (χ4n) is 2.87. The zero-order valence-corrected chi connectivity index (χ0v) is 16.4. The molecule has 0 atom stereocenters. The first-order chi connectivity index (χ1) is 13.0. The van der Waals surface area contributed by atoms with E-state index in [2.05, 4.69) is 0 Å². The number of thiocarbonyl (C=S) groups is 1. The molecular weight excluding hydrogens is 364 g/mol. The van der Waals surface area contributed by atoms with Crippen LogP contribution in [0.5, 0.6) is 17.2 Å². The van der Waals surface area contributed by atoms with E-state index in [-0.39, 0.29) is 5.91 Å². The van der Waals surface area contributed by atoms with Crippen molar-refractivity contribution < 1.29 is 19.0 Å². The number of hydrogen-bond donors (Lipinski definition) is 0. The molecule has 0 spiro atoms. The van der Waals surface area contributed by atoms with E-state index in [9.17, 15) is 4.79 Å². The van der Waals surface area contributed by atoms with Gasteiger partial charge in [-0.15, -0.1) is 0 Å². The average Bonchev–Trinajstić information content (AvgIpc) is 2.91. The molecule has 0 N–H and O–H groups in total. The van der Waals surface area contributed by atoms with Crippen LogP contribution >= 0.6 is 12.2 Å². The Morgan fingerprint density at radius 2 is 1.52 bits per heavy atom. The normalized spacial score (nSPS) is 15.5. The summed E-state index contributed by atoms with van der Waals surface area (Å²) in [5.74, 6) is 1.45. The number of hydrogen-bond acceptors (Lipinski definition) is 5. The molecule has 27 heavy (non-hydrogen) atoms. The molecule has 0 aliphatic carbocycles. The lowest BCUT2D eigenvalue weighted by atomic mass is 10.1. The number of anilines is 1. The van der Waals surface area contributed by atoms with E-state index in [1.807, 2.05) is 30.3 Å². The number of ether oxygens (including phenoxy) is 3. The van der Waals surface area contributed by atoms with Crippen LogP contribution in [0.3, 0.4) is 0 Å². The van der Waals surface area contributed by atoms with Crippen molar-refractivity contribution in [3.05, 3.63) is 53.7 Å². The number of para-hydroxylation sites is 1. The zero-order valence-electron chi connectivity index (χ0n) is 15.6. The maximum absolute atomic E-state index is 13.0. The lowest BCUT2D eigenvalue weighted by Gasteiger charge is -2.16. The third-order valence-electron chi connectivity index (χ3n) is 4.30. The third kappa shape index (κ3) is 3.33. The van der Waals surface area contributed by atoms with Crippen molar-refractivity contribution in [3.63, 3.8) is 0 Å². The number of rotatable bonds is 5. The lowest BCUT2D eigenvalue weighted by molar-refractivity contribution is -0.114. The van der Waals surface area contributed by atoms with Crippen LogP contribution in [0.4, 0.5) is 5.69 Å². The molecule has 7 heteroatoms. The second kappa shape index (κ2) is 7.67. The molecule has 0 bridgehead atoms. The van der Waals surface area contributed by atoms with Gasteiger partial charge in [0.05, 0.1) is 27.0 Å². The highest BCUT2D eigenvalue weighted by Crippen LogP contribution is 2.37. The number of benzene rings is 2. The smallest absolute Gasteiger partial charge is 0.281 e. The third-order valence-corrected chi connectivity index (χ3v) is 4.76. The molecule has 0 aromatic heterocycles. The van der Waals surface area contributed by atoms with Crippen LogP contribution in [0.15, 0.2) is 48.2 Å². The highest BCUT2D eigenvalue weighted by atomic mass is 32.1. The van der Waals surface area contributed by atoms with Gasteiger partial charge in [0.2, 0.25) is 0 Å². The number of methoxy groups -OCH3 is 3. The second-order valence-corrected chi connectivity index (χ2v) is 6.16. The number of carbonyl (C=O) groups excluding carboxylic acids is 1. The Kier molecular flexibility index (Phi) is 5.32. The molecule has 1 aliphatic rings. The molecule has 1 aliphatic heterocycles. The van der Waals surface area contributed by atoms with Crippen LogP contribution in [0, 0.1) is 0 Å². The van der Waals surface area contributed by atoms with Crippen LogP contribution in [-0.2, 0) is 4.79 Å². The highest BCUT2D eigenvalue weighted by molar-refractivity contribution is 7.80. The van der Waals surface area contributed by atoms with Gasteiger partial charge < -0.3 is 19.1 Å². The zero-order chi connectivity index (χ0) is 19.6. The molecule has 6 nitrogen and oxygen atoms in total. The van der Waals surface area contributed by atoms with Crippen molar-refractivity contribution >= 4 is 35.0 Å². The van der Waals surface area contributed by atoms with Crippen molar-refractivity contribution in [2.24, 2.45) is 0 Å². The van der Waals surface area contributed by atoms with Crippen molar-refractivity contribution in [2.45, 2.75) is 0 Å². The van der Waals surface area contributed by atoms with Gasteiger partial charge in [0.1, 0.15) is 11.4 Å². The Morgan fingerprint density at radius 1 is 0.926 bits per heavy atom. The Hall–Kier alpha value is -3.06. The first kappa shape index (κ1) is 18.7. The van der Waals surface area contributed by atoms with Gasteiger partial charge >= 0.3 is 0 Å². The van der Waals surface area contributed by atoms with E-state index in [0.717, 1.165) is 5.69 Å². The maximum Gasteiger partial charge on any atom is 0.281 e.